The molecule has 0 saturated heterocycles. The van der Waals surface area contributed by atoms with Crippen LogP contribution in [0.5, 0.6) is 0 Å². The molecule has 0 aliphatic heterocycles. The minimum absolute atomic E-state index is 0.257. The lowest BCUT2D eigenvalue weighted by Gasteiger charge is -2.10. The van der Waals surface area contributed by atoms with Crippen molar-refractivity contribution in [2.75, 3.05) is 0 Å². The fourth-order valence-corrected chi connectivity index (χ4v) is 1.91. The summed E-state index contributed by atoms with van der Waals surface area (Å²) in [5.41, 5.74) is 3.11. The summed E-state index contributed by atoms with van der Waals surface area (Å²) in [6.45, 7) is 8.29. The van der Waals surface area contributed by atoms with Gasteiger partial charge in [-0.2, -0.15) is 0 Å². The first-order valence-corrected chi connectivity index (χ1v) is 6.55. The van der Waals surface area contributed by atoms with Crippen LogP contribution in [0.1, 0.15) is 48.2 Å². The van der Waals surface area contributed by atoms with Crippen molar-refractivity contribution in [1.82, 2.24) is 0 Å². The Balaban J connectivity index is 2.93. The van der Waals surface area contributed by atoms with Crippen LogP contribution in [0.2, 0.25) is 0 Å². The largest absolute Gasteiger partial charge is 0.294 e. The van der Waals surface area contributed by atoms with E-state index in [9.17, 15) is 4.79 Å². The lowest BCUT2D eigenvalue weighted by Crippen LogP contribution is -2.06. The quantitative estimate of drug-likeness (QED) is 0.733. The topological polar surface area (TPSA) is 17.1 Å². The molecule has 0 bridgehead atoms. The normalized spacial score (nSPS) is 12.6. The van der Waals surface area contributed by atoms with E-state index in [-0.39, 0.29) is 5.78 Å². The fourth-order valence-electron chi connectivity index (χ4n) is 1.69. The Kier molecular flexibility index (Phi) is 4.72. The number of halogens is 1. The van der Waals surface area contributed by atoms with Crippen molar-refractivity contribution in [3.05, 3.63) is 33.3 Å². The van der Waals surface area contributed by atoms with Gasteiger partial charge in [-0.15, -0.1) is 0 Å². The summed E-state index contributed by atoms with van der Waals surface area (Å²) in [6, 6.07) is 3.95. The Bertz CT molecular complexity index is 373. The van der Waals surface area contributed by atoms with Crippen LogP contribution < -0.4 is 0 Å². The van der Waals surface area contributed by atoms with E-state index in [4.69, 9.17) is 0 Å². The van der Waals surface area contributed by atoms with Gasteiger partial charge < -0.3 is 0 Å². The molecular weight excluding hydrogens is 264 g/mol. The Morgan fingerprint density at radius 3 is 2.25 bits per heavy atom. The number of Topliss-reactive ketones (excluding diaryl/α,β-unsaturated/α-hetero) is 1. The Morgan fingerprint density at radius 1 is 1.31 bits per heavy atom. The number of ketones is 1. The van der Waals surface area contributed by atoms with Gasteiger partial charge in [0.05, 0.1) is 0 Å². The average molecular weight is 283 g/mol. The van der Waals surface area contributed by atoms with Crippen LogP contribution in [0, 0.1) is 19.8 Å². The number of hydrogen-bond donors (Lipinski definition) is 0. The monoisotopic (exact) mass is 282 g/mol. The molecule has 1 aromatic rings. The first-order chi connectivity index (χ1) is 7.45. The average Bonchev–Trinajstić information content (AvgIpc) is 2.24. The second-order valence-corrected chi connectivity index (χ2v) is 5.36. The number of hydrogen-bond acceptors (Lipinski definition) is 1. The van der Waals surface area contributed by atoms with Gasteiger partial charge in [0.25, 0.3) is 0 Å². The van der Waals surface area contributed by atoms with E-state index in [1.807, 2.05) is 26.0 Å². The minimum atomic E-state index is 0.257. The van der Waals surface area contributed by atoms with Crippen LogP contribution in [0.4, 0.5) is 0 Å². The van der Waals surface area contributed by atoms with Gasteiger partial charge in [0.15, 0.2) is 5.78 Å². The van der Waals surface area contributed by atoms with E-state index < -0.39 is 0 Å². The highest BCUT2D eigenvalue weighted by molar-refractivity contribution is 9.10. The van der Waals surface area contributed by atoms with Gasteiger partial charge in [0.2, 0.25) is 0 Å². The van der Waals surface area contributed by atoms with E-state index in [0.29, 0.717) is 12.3 Å². The SMILES string of the molecule is CCC(C)CC(=O)c1cc(C)c(Br)c(C)c1. The van der Waals surface area contributed by atoms with Crippen molar-refractivity contribution in [3.63, 3.8) is 0 Å². The summed E-state index contributed by atoms with van der Waals surface area (Å²) >= 11 is 3.52. The molecule has 16 heavy (non-hydrogen) atoms. The molecule has 0 amide bonds. The van der Waals surface area contributed by atoms with E-state index in [1.54, 1.807) is 0 Å². The van der Waals surface area contributed by atoms with Crippen molar-refractivity contribution < 1.29 is 4.79 Å². The molecule has 1 atom stereocenters. The molecule has 0 saturated carbocycles. The van der Waals surface area contributed by atoms with Crippen LogP contribution in [0.3, 0.4) is 0 Å². The highest BCUT2D eigenvalue weighted by Gasteiger charge is 2.12. The Hall–Kier alpha value is -0.630. The third-order valence-corrected chi connectivity index (χ3v) is 4.24. The Labute approximate surface area is 106 Å². The van der Waals surface area contributed by atoms with E-state index >= 15 is 0 Å². The van der Waals surface area contributed by atoms with Crippen LogP contribution in [0.25, 0.3) is 0 Å². The zero-order valence-corrected chi connectivity index (χ0v) is 12.0. The standard InChI is InChI=1S/C14H19BrO/c1-5-9(2)6-13(16)12-7-10(3)14(15)11(4)8-12/h7-9H,5-6H2,1-4H3. The molecule has 0 fully saturated rings. The summed E-state index contributed by atoms with van der Waals surface area (Å²) in [5, 5.41) is 0. The number of benzene rings is 1. The highest BCUT2D eigenvalue weighted by Crippen LogP contribution is 2.24. The fraction of sp³-hybridized carbons (Fsp3) is 0.500. The van der Waals surface area contributed by atoms with Gasteiger partial charge in [-0.25, -0.2) is 0 Å². The maximum absolute atomic E-state index is 12.0. The van der Waals surface area contributed by atoms with Crippen molar-refractivity contribution >= 4 is 21.7 Å². The van der Waals surface area contributed by atoms with Gasteiger partial charge in [-0.1, -0.05) is 36.2 Å². The Morgan fingerprint density at radius 2 is 1.81 bits per heavy atom. The lowest BCUT2D eigenvalue weighted by atomic mass is 9.96. The summed E-state index contributed by atoms with van der Waals surface area (Å²) in [5.74, 6) is 0.727. The zero-order chi connectivity index (χ0) is 12.3. The summed E-state index contributed by atoms with van der Waals surface area (Å²) in [7, 11) is 0. The first-order valence-electron chi connectivity index (χ1n) is 5.75. The zero-order valence-electron chi connectivity index (χ0n) is 10.4. The molecule has 1 rings (SSSR count). The summed E-state index contributed by atoms with van der Waals surface area (Å²) in [6.07, 6.45) is 1.71. The van der Waals surface area contributed by atoms with E-state index in [1.165, 1.54) is 0 Å². The van der Waals surface area contributed by atoms with Crippen LogP contribution in [-0.2, 0) is 0 Å². The second kappa shape index (κ2) is 5.62. The molecule has 0 heterocycles. The molecule has 2 heteroatoms. The van der Waals surface area contributed by atoms with Crippen molar-refractivity contribution in [3.8, 4) is 0 Å². The van der Waals surface area contributed by atoms with Gasteiger partial charge in [0.1, 0.15) is 0 Å². The minimum Gasteiger partial charge on any atom is -0.294 e. The summed E-state index contributed by atoms with van der Waals surface area (Å²) < 4.78 is 1.10. The number of carbonyl (C=O) groups is 1. The smallest absolute Gasteiger partial charge is 0.163 e. The third-order valence-electron chi connectivity index (χ3n) is 2.99. The molecule has 88 valence electrons. The van der Waals surface area contributed by atoms with Crippen LogP contribution >= 0.6 is 15.9 Å². The molecule has 1 nitrogen and oxygen atoms in total. The molecular formula is C14H19BrO. The number of carbonyl (C=O) groups excluding carboxylic acids is 1. The molecule has 0 aliphatic carbocycles. The molecule has 0 aliphatic rings. The molecule has 1 unspecified atom stereocenters. The molecule has 0 N–H and O–H groups in total. The second-order valence-electron chi connectivity index (χ2n) is 4.56. The third kappa shape index (κ3) is 3.18. The predicted octanol–water partition coefficient (Wildman–Crippen LogP) is 4.68. The molecule has 0 aromatic heterocycles. The van der Waals surface area contributed by atoms with Crippen molar-refractivity contribution in [2.45, 2.75) is 40.5 Å². The highest BCUT2D eigenvalue weighted by atomic mass is 79.9. The van der Waals surface area contributed by atoms with Gasteiger partial charge in [-0.05, 0) is 43.0 Å². The first kappa shape index (κ1) is 13.4. The van der Waals surface area contributed by atoms with Gasteiger partial charge >= 0.3 is 0 Å². The predicted molar refractivity (Wildman–Crippen MR) is 72.0 cm³/mol. The maximum Gasteiger partial charge on any atom is 0.163 e. The van der Waals surface area contributed by atoms with Crippen LogP contribution in [-0.4, -0.2) is 5.78 Å². The van der Waals surface area contributed by atoms with Gasteiger partial charge in [0, 0.05) is 16.5 Å². The molecule has 0 spiro atoms. The molecule has 1 aromatic carbocycles. The maximum atomic E-state index is 12.0. The lowest BCUT2D eigenvalue weighted by molar-refractivity contribution is 0.0963. The van der Waals surface area contributed by atoms with E-state index in [2.05, 4.69) is 29.8 Å². The van der Waals surface area contributed by atoms with Crippen LogP contribution in [0.15, 0.2) is 16.6 Å². The number of aryl methyl sites for hydroxylation is 2. The van der Waals surface area contributed by atoms with Gasteiger partial charge in [-0.3, -0.25) is 4.79 Å². The summed E-state index contributed by atoms with van der Waals surface area (Å²) in [4.78, 5) is 12.0. The van der Waals surface area contributed by atoms with Crippen molar-refractivity contribution in [1.29, 1.82) is 0 Å². The molecule has 0 radical (unpaired) electrons. The van der Waals surface area contributed by atoms with Crippen molar-refractivity contribution in [2.24, 2.45) is 5.92 Å². The van der Waals surface area contributed by atoms with E-state index in [0.717, 1.165) is 27.6 Å². The number of rotatable bonds is 4.